The summed E-state index contributed by atoms with van der Waals surface area (Å²) in [5.74, 6) is 0.390. The minimum Gasteiger partial charge on any atom is -0.492 e. The van der Waals surface area contributed by atoms with Crippen molar-refractivity contribution < 1.29 is 13.2 Å². The third-order valence-electron chi connectivity index (χ3n) is 3.33. The molecular formula is C16H22N2O3S. The Bertz CT molecular complexity index is 764. The number of hydrogen-bond acceptors (Lipinski definition) is 4. The van der Waals surface area contributed by atoms with E-state index in [1.54, 1.807) is 38.1 Å². The molecule has 0 amide bonds. The van der Waals surface area contributed by atoms with Crippen molar-refractivity contribution in [1.82, 2.24) is 9.19 Å². The van der Waals surface area contributed by atoms with Gasteiger partial charge in [0.2, 0.25) is 0 Å². The molecule has 0 aliphatic rings. The lowest BCUT2D eigenvalue weighted by molar-refractivity contribution is 0.301. The second kappa shape index (κ2) is 6.52. The molecule has 1 aromatic carbocycles. The molecule has 2 rings (SSSR count). The zero-order valence-corrected chi connectivity index (χ0v) is 14.3. The van der Waals surface area contributed by atoms with Crippen LogP contribution in [0.4, 0.5) is 0 Å². The van der Waals surface area contributed by atoms with Crippen molar-refractivity contribution in [3.8, 4) is 5.75 Å². The predicted octanol–water partition coefficient (Wildman–Crippen LogP) is 3.22. The van der Waals surface area contributed by atoms with E-state index in [2.05, 4.69) is 12.0 Å². The number of benzene rings is 1. The van der Waals surface area contributed by atoms with Crippen LogP contribution in [0.15, 0.2) is 29.2 Å². The highest BCUT2D eigenvalue weighted by Gasteiger charge is 2.24. The van der Waals surface area contributed by atoms with Crippen LogP contribution < -0.4 is 4.74 Å². The summed E-state index contributed by atoms with van der Waals surface area (Å²) in [6, 6.07) is 6.85. The Morgan fingerprint density at radius 1 is 1.18 bits per heavy atom. The SMILES string of the molecule is CCCCOc1cc(C)ccc1S(=O)(=O)n1nc(C)cc1C. The zero-order chi connectivity index (χ0) is 16.3. The molecule has 1 aromatic heterocycles. The first-order valence-corrected chi connectivity index (χ1v) is 8.82. The number of ether oxygens (including phenoxy) is 1. The van der Waals surface area contributed by atoms with E-state index in [0.717, 1.165) is 22.5 Å². The molecule has 120 valence electrons. The molecule has 0 spiro atoms. The molecule has 0 saturated carbocycles. The minimum atomic E-state index is -3.75. The number of unbranched alkanes of at least 4 members (excludes halogenated alkanes) is 1. The molecule has 2 aromatic rings. The Morgan fingerprint density at radius 2 is 1.91 bits per heavy atom. The van der Waals surface area contributed by atoms with Crippen LogP contribution >= 0.6 is 0 Å². The van der Waals surface area contributed by atoms with Crippen molar-refractivity contribution in [2.24, 2.45) is 0 Å². The van der Waals surface area contributed by atoms with E-state index in [1.165, 1.54) is 0 Å². The third kappa shape index (κ3) is 3.32. The van der Waals surface area contributed by atoms with Gasteiger partial charge in [0, 0.05) is 0 Å². The molecule has 0 atom stereocenters. The van der Waals surface area contributed by atoms with Crippen LogP contribution in [0.2, 0.25) is 0 Å². The fraction of sp³-hybridized carbons (Fsp3) is 0.438. The predicted molar refractivity (Wildman–Crippen MR) is 85.9 cm³/mol. The van der Waals surface area contributed by atoms with Gasteiger partial charge in [0.15, 0.2) is 0 Å². The topological polar surface area (TPSA) is 61.2 Å². The molecule has 0 radical (unpaired) electrons. The fourth-order valence-electron chi connectivity index (χ4n) is 2.21. The molecule has 0 saturated heterocycles. The summed E-state index contributed by atoms with van der Waals surface area (Å²) in [6.07, 6.45) is 1.87. The van der Waals surface area contributed by atoms with Gasteiger partial charge in [0.25, 0.3) is 10.0 Å². The van der Waals surface area contributed by atoms with E-state index in [9.17, 15) is 8.42 Å². The van der Waals surface area contributed by atoms with Crippen LogP contribution in [0.25, 0.3) is 0 Å². The maximum absolute atomic E-state index is 12.9. The summed E-state index contributed by atoms with van der Waals surface area (Å²) in [5.41, 5.74) is 2.21. The van der Waals surface area contributed by atoms with Gasteiger partial charge in [-0.2, -0.15) is 17.6 Å². The van der Waals surface area contributed by atoms with Crippen LogP contribution in [0.1, 0.15) is 36.7 Å². The van der Waals surface area contributed by atoms with Crippen molar-refractivity contribution in [2.45, 2.75) is 45.4 Å². The summed E-state index contributed by atoms with van der Waals surface area (Å²) < 4.78 is 32.5. The maximum Gasteiger partial charge on any atom is 0.286 e. The average molecular weight is 322 g/mol. The van der Waals surface area contributed by atoms with Gasteiger partial charge >= 0.3 is 0 Å². The van der Waals surface area contributed by atoms with Gasteiger partial charge in [-0.05, 0) is 51.0 Å². The molecule has 0 aliphatic heterocycles. The summed E-state index contributed by atoms with van der Waals surface area (Å²) in [5, 5.41) is 4.09. The third-order valence-corrected chi connectivity index (χ3v) is 5.05. The van der Waals surface area contributed by atoms with Gasteiger partial charge in [0.05, 0.1) is 18.0 Å². The van der Waals surface area contributed by atoms with Crippen LogP contribution in [0.3, 0.4) is 0 Å². The number of aryl methyl sites for hydroxylation is 3. The van der Waals surface area contributed by atoms with Crippen molar-refractivity contribution in [2.75, 3.05) is 6.61 Å². The van der Waals surface area contributed by atoms with Crippen LogP contribution in [-0.2, 0) is 10.0 Å². The Labute approximate surface area is 132 Å². The van der Waals surface area contributed by atoms with E-state index < -0.39 is 10.0 Å². The van der Waals surface area contributed by atoms with Crippen LogP contribution in [-0.4, -0.2) is 24.2 Å². The van der Waals surface area contributed by atoms with E-state index in [-0.39, 0.29) is 4.90 Å². The smallest absolute Gasteiger partial charge is 0.286 e. The first kappa shape index (κ1) is 16.5. The van der Waals surface area contributed by atoms with E-state index >= 15 is 0 Å². The Hall–Kier alpha value is -1.82. The summed E-state index contributed by atoms with van der Waals surface area (Å²) in [7, 11) is -3.75. The number of rotatable bonds is 6. The maximum atomic E-state index is 12.9. The first-order valence-electron chi connectivity index (χ1n) is 7.38. The zero-order valence-electron chi connectivity index (χ0n) is 13.5. The molecular weight excluding hydrogens is 300 g/mol. The fourth-order valence-corrected chi connectivity index (χ4v) is 3.68. The Morgan fingerprint density at radius 3 is 2.50 bits per heavy atom. The van der Waals surface area contributed by atoms with Gasteiger partial charge in [-0.1, -0.05) is 19.4 Å². The van der Waals surface area contributed by atoms with Gasteiger partial charge < -0.3 is 4.74 Å². The molecule has 0 unspecified atom stereocenters. The molecule has 5 nitrogen and oxygen atoms in total. The summed E-state index contributed by atoms with van der Waals surface area (Å²) in [6.45, 7) is 7.97. The van der Waals surface area contributed by atoms with Crippen molar-refractivity contribution in [3.05, 3.63) is 41.2 Å². The second-order valence-corrected chi connectivity index (χ2v) is 7.16. The van der Waals surface area contributed by atoms with Crippen molar-refractivity contribution in [1.29, 1.82) is 0 Å². The lowest BCUT2D eigenvalue weighted by atomic mass is 10.2. The van der Waals surface area contributed by atoms with Gasteiger partial charge in [-0.25, -0.2) is 0 Å². The van der Waals surface area contributed by atoms with E-state index in [1.807, 2.05) is 6.92 Å². The highest BCUT2D eigenvalue weighted by molar-refractivity contribution is 7.90. The standard InChI is InChI=1S/C16H22N2O3S/c1-5-6-9-21-15-10-12(2)7-8-16(15)22(19,20)18-14(4)11-13(3)17-18/h7-8,10-11H,5-6,9H2,1-4H3. The quantitative estimate of drug-likeness (QED) is 0.766. The first-order chi connectivity index (χ1) is 10.4. The van der Waals surface area contributed by atoms with Crippen LogP contribution in [0, 0.1) is 20.8 Å². The normalized spacial score (nSPS) is 11.6. The second-order valence-electron chi connectivity index (χ2n) is 5.43. The van der Waals surface area contributed by atoms with Crippen molar-refractivity contribution in [3.63, 3.8) is 0 Å². The largest absolute Gasteiger partial charge is 0.492 e. The lowest BCUT2D eigenvalue weighted by Crippen LogP contribution is -2.17. The molecule has 6 heteroatoms. The Kier molecular flexibility index (Phi) is 4.90. The van der Waals surface area contributed by atoms with Crippen molar-refractivity contribution >= 4 is 10.0 Å². The number of aromatic nitrogens is 2. The molecule has 1 heterocycles. The number of nitrogens with zero attached hydrogens (tertiary/aromatic N) is 2. The average Bonchev–Trinajstić information content (AvgIpc) is 2.78. The van der Waals surface area contributed by atoms with Gasteiger partial charge in [0.1, 0.15) is 10.6 Å². The lowest BCUT2D eigenvalue weighted by Gasteiger charge is -2.13. The summed E-state index contributed by atoms with van der Waals surface area (Å²) in [4.78, 5) is 0.153. The molecule has 0 bridgehead atoms. The van der Waals surface area contributed by atoms with E-state index in [4.69, 9.17) is 4.74 Å². The number of hydrogen-bond donors (Lipinski definition) is 0. The molecule has 22 heavy (non-hydrogen) atoms. The minimum absolute atomic E-state index is 0.153. The Balaban J connectivity index is 2.48. The molecule has 0 N–H and O–H groups in total. The highest BCUT2D eigenvalue weighted by atomic mass is 32.2. The van der Waals surface area contributed by atoms with Gasteiger partial charge in [-0.15, -0.1) is 0 Å². The monoisotopic (exact) mass is 322 g/mol. The van der Waals surface area contributed by atoms with Crippen LogP contribution in [0.5, 0.6) is 5.75 Å². The molecule has 0 fully saturated rings. The summed E-state index contributed by atoms with van der Waals surface area (Å²) >= 11 is 0. The molecule has 0 aliphatic carbocycles. The van der Waals surface area contributed by atoms with Gasteiger partial charge in [-0.3, -0.25) is 0 Å². The van der Waals surface area contributed by atoms with E-state index in [0.29, 0.717) is 23.7 Å². The highest BCUT2D eigenvalue weighted by Crippen LogP contribution is 2.28.